The number of nitrogens with zero attached hydrogens (tertiary/aromatic N) is 1. The minimum Gasteiger partial charge on any atom is -0.494 e. The van der Waals surface area contributed by atoms with Crippen LogP contribution in [0.2, 0.25) is 0 Å². The van der Waals surface area contributed by atoms with Gasteiger partial charge in [-0.05, 0) is 44.0 Å². The zero-order chi connectivity index (χ0) is 14.5. The molecule has 1 aliphatic rings. The average molecular weight is 276 g/mol. The van der Waals surface area contributed by atoms with Crippen molar-refractivity contribution in [2.45, 2.75) is 45.7 Å². The molecule has 0 aromatic heterocycles. The summed E-state index contributed by atoms with van der Waals surface area (Å²) in [7, 11) is 0. The topological polar surface area (TPSA) is 41.6 Å². The summed E-state index contributed by atoms with van der Waals surface area (Å²) in [5.41, 5.74) is 0.953. The van der Waals surface area contributed by atoms with Crippen LogP contribution in [0, 0.1) is 0 Å². The van der Waals surface area contributed by atoms with Gasteiger partial charge in [0.05, 0.1) is 12.6 Å². The maximum absolute atomic E-state index is 12.5. The van der Waals surface area contributed by atoms with E-state index < -0.39 is 0 Å². The number of amides is 1. The first-order valence-electron chi connectivity index (χ1n) is 7.42. The van der Waals surface area contributed by atoms with Crippen LogP contribution in [0.3, 0.4) is 0 Å². The first-order valence-corrected chi connectivity index (χ1v) is 7.42. The van der Waals surface area contributed by atoms with Crippen LogP contribution in [0.25, 0.3) is 0 Å². The van der Waals surface area contributed by atoms with Crippen molar-refractivity contribution in [3.05, 3.63) is 24.3 Å². The minimum absolute atomic E-state index is 0.0599. The molecule has 0 saturated carbocycles. The monoisotopic (exact) mass is 276 g/mol. The number of hydrogen-bond acceptors (Lipinski definition) is 3. The van der Waals surface area contributed by atoms with Gasteiger partial charge in [0.1, 0.15) is 5.75 Å². The van der Waals surface area contributed by atoms with Gasteiger partial charge in [-0.2, -0.15) is 0 Å². The molecule has 1 unspecified atom stereocenters. The highest BCUT2D eigenvalue weighted by Gasteiger charge is 2.29. The zero-order valence-corrected chi connectivity index (χ0v) is 12.6. The van der Waals surface area contributed by atoms with Gasteiger partial charge in [0, 0.05) is 18.3 Å². The number of ether oxygens (including phenoxy) is 1. The molecule has 0 radical (unpaired) electrons. The fraction of sp³-hybridized carbons (Fsp3) is 0.562. The van der Waals surface area contributed by atoms with Crippen molar-refractivity contribution in [2.24, 2.45) is 0 Å². The van der Waals surface area contributed by atoms with Crippen LogP contribution in [0.15, 0.2) is 24.3 Å². The Bertz CT molecular complexity index is 442. The minimum atomic E-state index is -0.0599. The Morgan fingerprint density at radius 2 is 2.05 bits per heavy atom. The van der Waals surface area contributed by atoms with Gasteiger partial charge in [-0.25, -0.2) is 0 Å². The number of nitrogens with one attached hydrogen (secondary N) is 1. The van der Waals surface area contributed by atoms with Gasteiger partial charge in [-0.15, -0.1) is 0 Å². The second-order valence-corrected chi connectivity index (χ2v) is 5.43. The normalized spacial score (nSPS) is 19.5. The number of hydrogen-bond donors (Lipinski definition) is 1. The number of carbonyl (C=O) groups excluding carboxylic acids is 1. The Kier molecular flexibility index (Phi) is 5.01. The molecule has 1 saturated heterocycles. The second-order valence-electron chi connectivity index (χ2n) is 5.43. The van der Waals surface area contributed by atoms with E-state index >= 15 is 0 Å². The lowest BCUT2D eigenvalue weighted by Crippen LogP contribution is -2.52. The van der Waals surface area contributed by atoms with E-state index in [1.807, 2.05) is 36.1 Å². The Morgan fingerprint density at radius 1 is 1.35 bits per heavy atom. The molecule has 1 atom stereocenters. The molecule has 1 heterocycles. The molecular weight excluding hydrogens is 252 g/mol. The molecule has 110 valence electrons. The highest BCUT2D eigenvalue weighted by molar-refractivity contribution is 5.98. The van der Waals surface area contributed by atoms with E-state index in [0.29, 0.717) is 12.6 Å². The third-order valence-corrected chi connectivity index (χ3v) is 3.43. The summed E-state index contributed by atoms with van der Waals surface area (Å²) in [5, 5.41) is 3.35. The Hall–Kier alpha value is -1.55. The molecule has 1 fully saturated rings. The molecule has 1 N–H and O–H groups in total. The van der Waals surface area contributed by atoms with E-state index in [4.69, 9.17) is 4.74 Å². The molecule has 0 spiro atoms. The van der Waals surface area contributed by atoms with Crippen LogP contribution in [0.5, 0.6) is 5.75 Å². The molecule has 2 rings (SSSR count). The number of piperidine rings is 1. The molecular formula is C16H24N2O2. The maximum Gasteiger partial charge on any atom is 0.244 e. The van der Waals surface area contributed by atoms with Gasteiger partial charge < -0.3 is 15.0 Å². The van der Waals surface area contributed by atoms with E-state index in [1.165, 1.54) is 0 Å². The fourth-order valence-electron chi connectivity index (χ4n) is 2.58. The molecule has 0 bridgehead atoms. The van der Waals surface area contributed by atoms with E-state index in [1.54, 1.807) is 0 Å². The molecule has 1 aromatic carbocycles. The smallest absolute Gasteiger partial charge is 0.244 e. The quantitative estimate of drug-likeness (QED) is 0.898. The standard InChI is InChI=1S/C16H24N2O2/c1-4-20-14-9-7-13(8-10-14)18-11-5-6-15(16(18)19)17-12(2)3/h7-10,12,15,17H,4-6,11H2,1-3H3. The summed E-state index contributed by atoms with van der Waals surface area (Å²) in [6.45, 7) is 7.56. The molecule has 0 aliphatic carbocycles. The van der Waals surface area contributed by atoms with Crippen LogP contribution >= 0.6 is 0 Å². The number of benzene rings is 1. The van der Waals surface area contributed by atoms with Crippen molar-refractivity contribution in [1.82, 2.24) is 5.32 Å². The van der Waals surface area contributed by atoms with Crippen molar-refractivity contribution in [3.63, 3.8) is 0 Å². The molecule has 4 heteroatoms. The maximum atomic E-state index is 12.5. The number of anilines is 1. The molecule has 4 nitrogen and oxygen atoms in total. The van der Waals surface area contributed by atoms with E-state index in [2.05, 4.69) is 19.2 Å². The number of rotatable bonds is 5. The van der Waals surface area contributed by atoms with Gasteiger partial charge in [0.15, 0.2) is 0 Å². The first kappa shape index (κ1) is 14.9. The van der Waals surface area contributed by atoms with Gasteiger partial charge >= 0.3 is 0 Å². The van der Waals surface area contributed by atoms with E-state index in [0.717, 1.165) is 30.8 Å². The largest absolute Gasteiger partial charge is 0.494 e. The van der Waals surface area contributed by atoms with Crippen LogP contribution in [-0.4, -0.2) is 31.1 Å². The average Bonchev–Trinajstić information content (AvgIpc) is 2.42. The van der Waals surface area contributed by atoms with Crippen LogP contribution in [0.4, 0.5) is 5.69 Å². The Morgan fingerprint density at radius 3 is 2.65 bits per heavy atom. The van der Waals surface area contributed by atoms with Crippen LogP contribution < -0.4 is 15.0 Å². The van der Waals surface area contributed by atoms with Crippen molar-refractivity contribution in [1.29, 1.82) is 0 Å². The van der Waals surface area contributed by atoms with E-state index in [9.17, 15) is 4.79 Å². The van der Waals surface area contributed by atoms with Crippen molar-refractivity contribution in [3.8, 4) is 5.75 Å². The zero-order valence-electron chi connectivity index (χ0n) is 12.6. The third kappa shape index (κ3) is 3.51. The summed E-state index contributed by atoms with van der Waals surface area (Å²) >= 11 is 0. The van der Waals surface area contributed by atoms with Gasteiger partial charge in [0.2, 0.25) is 5.91 Å². The lowest BCUT2D eigenvalue weighted by atomic mass is 10.0. The van der Waals surface area contributed by atoms with E-state index in [-0.39, 0.29) is 11.9 Å². The summed E-state index contributed by atoms with van der Waals surface area (Å²) < 4.78 is 5.43. The van der Waals surface area contributed by atoms with Crippen molar-refractivity contribution < 1.29 is 9.53 Å². The number of carbonyl (C=O) groups is 1. The van der Waals surface area contributed by atoms with Crippen molar-refractivity contribution in [2.75, 3.05) is 18.1 Å². The molecule has 20 heavy (non-hydrogen) atoms. The lowest BCUT2D eigenvalue weighted by molar-refractivity contribution is -0.121. The molecule has 1 aromatic rings. The Labute approximate surface area is 121 Å². The summed E-state index contributed by atoms with van der Waals surface area (Å²) in [6.07, 6.45) is 1.95. The summed E-state index contributed by atoms with van der Waals surface area (Å²) in [4.78, 5) is 14.4. The highest BCUT2D eigenvalue weighted by atomic mass is 16.5. The summed E-state index contributed by atoms with van der Waals surface area (Å²) in [5.74, 6) is 1.02. The first-order chi connectivity index (χ1) is 9.61. The highest BCUT2D eigenvalue weighted by Crippen LogP contribution is 2.24. The van der Waals surface area contributed by atoms with Gasteiger partial charge in [-0.3, -0.25) is 4.79 Å². The van der Waals surface area contributed by atoms with Crippen molar-refractivity contribution >= 4 is 11.6 Å². The van der Waals surface area contributed by atoms with Gasteiger partial charge in [0.25, 0.3) is 0 Å². The lowest BCUT2D eigenvalue weighted by Gasteiger charge is -2.33. The predicted octanol–water partition coefficient (Wildman–Crippen LogP) is 2.58. The molecule has 1 amide bonds. The SMILES string of the molecule is CCOc1ccc(N2CCCC(NC(C)C)C2=O)cc1. The van der Waals surface area contributed by atoms with Crippen LogP contribution in [0.1, 0.15) is 33.6 Å². The van der Waals surface area contributed by atoms with Crippen LogP contribution in [-0.2, 0) is 4.79 Å². The Balaban J connectivity index is 2.08. The molecule has 1 aliphatic heterocycles. The van der Waals surface area contributed by atoms with Gasteiger partial charge in [-0.1, -0.05) is 13.8 Å². The second kappa shape index (κ2) is 6.75. The predicted molar refractivity (Wildman–Crippen MR) is 81.3 cm³/mol. The third-order valence-electron chi connectivity index (χ3n) is 3.43. The summed E-state index contributed by atoms with van der Waals surface area (Å²) in [6, 6.07) is 8.03. The fourth-order valence-corrected chi connectivity index (χ4v) is 2.58.